The maximum absolute atomic E-state index is 12.0. The number of carbonyl (C=O) groups is 1. The van der Waals surface area contributed by atoms with E-state index in [9.17, 15) is 4.79 Å². The third-order valence-electron chi connectivity index (χ3n) is 4.28. The predicted octanol–water partition coefficient (Wildman–Crippen LogP) is 1.66. The predicted molar refractivity (Wildman–Crippen MR) is 77.8 cm³/mol. The molecule has 2 aliphatic heterocycles. The van der Waals surface area contributed by atoms with Gasteiger partial charge in [0, 0.05) is 30.7 Å². The van der Waals surface area contributed by atoms with E-state index in [4.69, 9.17) is 4.74 Å². The molecule has 0 bridgehead atoms. The van der Waals surface area contributed by atoms with E-state index in [2.05, 4.69) is 35.8 Å². The molecule has 0 aromatic heterocycles. The normalized spacial score (nSPS) is 23.2. The highest BCUT2D eigenvalue weighted by atomic mass is 16.5. The quantitative estimate of drug-likeness (QED) is 0.878. The second kappa shape index (κ2) is 5.94. The Morgan fingerprint density at radius 1 is 1.50 bits per heavy atom. The van der Waals surface area contributed by atoms with Crippen LogP contribution in [0.1, 0.15) is 40.9 Å². The Labute approximate surface area is 119 Å². The van der Waals surface area contributed by atoms with E-state index >= 15 is 0 Å². The molecule has 4 heteroatoms. The molecule has 1 amide bonds. The SMILES string of the molecule is CCNC(c1ccc2c(c1)C(=O)NCC2)C1CCOC1. The lowest BCUT2D eigenvalue weighted by molar-refractivity contribution is 0.0946. The molecule has 0 aliphatic carbocycles. The molecule has 2 atom stereocenters. The molecule has 1 aromatic carbocycles. The van der Waals surface area contributed by atoms with Crippen molar-refractivity contribution in [1.82, 2.24) is 10.6 Å². The molecule has 20 heavy (non-hydrogen) atoms. The molecule has 0 saturated carbocycles. The fourth-order valence-electron chi connectivity index (χ4n) is 3.22. The van der Waals surface area contributed by atoms with Crippen LogP contribution in [0.25, 0.3) is 0 Å². The monoisotopic (exact) mass is 274 g/mol. The molecule has 108 valence electrons. The zero-order valence-electron chi connectivity index (χ0n) is 11.9. The van der Waals surface area contributed by atoms with E-state index in [1.165, 1.54) is 5.56 Å². The summed E-state index contributed by atoms with van der Waals surface area (Å²) in [5.41, 5.74) is 3.21. The minimum atomic E-state index is 0.0611. The molecular weight excluding hydrogens is 252 g/mol. The van der Waals surface area contributed by atoms with E-state index in [0.29, 0.717) is 5.92 Å². The number of ether oxygens (including phenoxy) is 1. The summed E-state index contributed by atoms with van der Waals surface area (Å²) in [6.45, 7) is 5.44. The number of fused-ring (bicyclic) bond motifs is 1. The van der Waals surface area contributed by atoms with Crippen LogP contribution in [0.5, 0.6) is 0 Å². The molecule has 4 nitrogen and oxygen atoms in total. The Bertz CT molecular complexity index is 495. The molecule has 1 fully saturated rings. The van der Waals surface area contributed by atoms with Crippen molar-refractivity contribution in [2.45, 2.75) is 25.8 Å². The van der Waals surface area contributed by atoms with Gasteiger partial charge in [0.25, 0.3) is 5.91 Å². The van der Waals surface area contributed by atoms with Gasteiger partial charge in [-0.25, -0.2) is 0 Å². The van der Waals surface area contributed by atoms with Crippen molar-refractivity contribution in [2.24, 2.45) is 5.92 Å². The van der Waals surface area contributed by atoms with Crippen molar-refractivity contribution in [2.75, 3.05) is 26.3 Å². The second-order valence-corrected chi connectivity index (χ2v) is 5.58. The van der Waals surface area contributed by atoms with Crippen LogP contribution in [0.4, 0.5) is 0 Å². The number of amides is 1. The average Bonchev–Trinajstić information content (AvgIpc) is 2.99. The van der Waals surface area contributed by atoms with Gasteiger partial charge in [-0.2, -0.15) is 0 Å². The number of hydrogen-bond acceptors (Lipinski definition) is 3. The van der Waals surface area contributed by atoms with Crippen LogP contribution >= 0.6 is 0 Å². The summed E-state index contributed by atoms with van der Waals surface area (Å²) in [6, 6.07) is 6.63. The van der Waals surface area contributed by atoms with Crippen LogP contribution in [0, 0.1) is 5.92 Å². The number of nitrogens with one attached hydrogen (secondary N) is 2. The summed E-state index contributed by atoms with van der Waals surface area (Å²) in [7, 11) is 0. The zero-order valence-corrected chi connectivity index (χ0v) is 11.9. The molecule has 1 aromatic rings. The standard InChI is InChI=1S/C16H22N2O2/c1-2-17-15(13-6-8-20-10-13)12-4-3-11-5-7-18-16(19)14(11)9-12/h3-4,9,13,15,17H,2,5-8,10H2,1H3,(H,18,19). The molecular formula is C16H22N2O2. The average molecular weight is 274 g/mol. The molecule has 2 N–H and O–H groups in total. The van der Waals surface area contributed by atoms with Gasteiger partial charge in [0.15, 0.2) is 0 Å². The van der Waals surface area contributed by atoms with E-state index < -0.39 is 0 Å². The molecule has 2 heterocycles. The van der Waals surface area contributed by atoms with Gasteiger partial charge in [-0.05, 0) is 36.6 Å². The second-order valence-electron chi connectivity index (χ2n) is 5.58. The van der Waals surface area contributed by atoms with Crippen LogP contribution < -0.4 is 10.6 Å². The summed E-state index contributed by atoms with van der Waals surface area (Å²) in [5, 5.41) is 6.47. The molecule has 2 aliphatic rings. The lowest BCUT2D eigenvalue weighted by Gasteiger charge is -2.26. The van der Waals surface area contributed by atoms with E-state index in [-0.39, 0.29) is 11.9 Å². The number of benzene rings is 1. The minimum absolute atomic E-state index is 0.0611. The fraction of sp³-hybridized carbons (Fsp3) is 0.562. The van der Waals surface area contributed by atoms with Gasteiger partial charge >= 0.3 is 0 Å². The van der Waals surface area contributed by atoms with E-state index in [1.807, 2.05) is 0 Å². The minimum Gasteiger partial charge on any atom is -0.381 e. The van der Waals surface area contributed by atoms with Crippen molar-refractivity contribution >= 4 is 5.91 Å². The first-order chi connectivity index (χ1) is 9.79. The van der Waals surface area contributed by atoms with Crippen LogP contribution in [-0.4, -0.2) is 32.2 Å². The number of carbonyl (C=O) groups excluding carboxylic acids is 1. The van der Waals surface area contributed by atoms with Crippen molar-refractivity contribution < 1.29 is 9.53 Å². The molecule has 0 radical (unpaired) electrons. The Balaban J connectivity index is 1.90. The lowest BCUT2D eigenvalue weighted by Crippen LogP contribution is -2.33. The Morgan fingerprint density at radius 2 is 2.40 bits per heavy atom. The Hall–Kier alpha value is -1.39. The van der Waals surface area contributed by atoms with Crippen LogP contribution in [0.15, 0.2) is 18.2 Å². The van der Waals surface area contributed by atoms with Gasteiger partial charge in [-0.3, -0.25) is 4.79 Å². The van der Waals surface area contributed by atoms with Crippen molar-refractivity contribution in [3.05, 3.63) is 34.9 Å². The first-order valence-electron chi connectivity index (χ1n) is 7.51. The third-order valence-corrected chi connectivity index (χ3v) is 4.28. The molecule has 2 unspecified atom stereocenters. The smallest absolute Gasteiger partial charge is 0.251 e. The largest absolute Gasteiger partial charge is 0.381 e. The summed E-state index contributed by atoms with van der Waals surface area (Å²) >= 11 is 0. The van der Waals surface area contributed by atoms with Crippen molar-refractivity contribution in [3.63, 3.8) is 0 Å². The van der Waals surface area contributed by atoms with Gasteiger partial charge in [0.2, 0.25) is 0 Å². The van der Waals surface area contributed by atoms with Gasteiger partial charge in [-0.15, -0.1) is 0 Å². The van der Waals surface area contributed by atoms with E-state index in [0.717, 1.165) is 50.3 Å². The highest BCUT2D eigenvalue weighted by Crippen LogP contribution is 2.30. The summed E-state index contributed by atoms with van der Waals surface area (Å²) < 4.78 is 5.52. The van der Waals surface area contributed by atoms with Crippen molar-refractivity contribution in [1.29, 1.82) is 0 Å². The maximum atomic E-state index is 12.0. The summed E-state index contributed by atoms with van der Waals surface area (Å²) in [4.78, 5) is 12.0. The number of rotatable bonds is 4. The first-order valence-corrected chi connectivity index (χ1v) is 7.51. The fourth-order valence-corrected chi connectivity index (χ4v) is 3.22. The molecule has 0 spiro atoms. The van der Waals surface area contributed by atoms with Gasteiger partial charge < -0.3 is 15.4 Å². The molecule has 3 rings (SSSR count). The van der Waals surface area contributed by atoms with Crippen LogP contribution in [0.2, 0.25) is 0 Å². The highest BCUT2D eigenvalue weighted by Gasteiger charge is 2.27. The lowest BCUT2D eigenvalue weighted by atomic mass is 9.89. The Kier molecular flexibility index (Phi) is 4.03. The first kappa shape index (κ1) is 13.6. The third kappa shape index (κ3) is 2.58. The topological polar surface area (TPSA) is 50.4 Å². The summed E-state index contributed by atoms with van der Waals surface area (Å²) in [5.74, 6) is 0.561. The van der Waals surface area contributed by atoms with Gasteiger partial charge in [-0.1, -0.05) is 19.1 Å². The Morgan fingerprint density at radius 3 is 3.15 bits per heavy atom. The van der Waals surface area contributed by atoms with Crippen LogP contribution in [-0.2, 0) is 11.2 Å². The van der Waals surface area contributed by atoms with Gasteiger partial charge in [0.1, 0.15) is 0 Å². The maximum Gasteiger partial charge on any atom is 0.251 e. The van der Waals surface area contributed by atoms with Crippen molar-refractivity contribution in [3.8, 4) is 0 Å². The molecule has 1 saturated heterocycles. The van der Waals surface area contributed by atoms with Gasteiger partial charge in [0.05, 0.1) is 6.61 Å². The summed E-state index contributed by atoms with van der Waals surface area (Å²) in [6.07, 6.45) is 2.01. The zero-order chi connectivity index (χ0) is 13.9. The number of hydrogen-bond donors (Lipinski definition) is 2. The van der Waals surface area contributed by atoms with Crippen LogP contribution in [0.3, 0.4) is 0 Å². The van der Waals surface area contributed by atoms with E-state index in [1.54, 1.807) is 0 Å². The highest BCUT2D eigenvalue weighted by molar-refractivity contribution is 5.96.